The SMILES string of the molecule is CC(C)c1nnc(NC(=O)CN2C[C@@H](O)[C@@H](O)C2)o1. The van der Waals surface area contributed by atoms with Gasteiger partial charge in [0.1, 0.15) is 0 Å². The molecule has 8 nitrogen and oxygen atoms in total. The second-order valence-electron chi connectivity index (χ2n) is 4.98. The molecule has 106 valence electrons. The molecule has 1 aliphatic rings. The minimum atomic E-state index is -0.802. The van der Waals surface area contributed by atoms with Crippen molar-refractivity contribution in [1.82, 2.24) is 15.1 Å². The zero-order valence-electron chi connectivity index (χ0n) is 10.9. The van der Waals surface area contributed by atoms with E-state index in [1.54, 1.807) is 4.90 Å². The molecule has 0 bridgehead atoms. The summed E-state index contributed by atoms with van der Waals surface area (Å²) in [5, 5.41) is 28.7. The number of hydrogen-bond donors (Lipinski definition) is 3. The Kier molecular flexibility index (Phi) is 4.13. The van der Waals surface area contributed by atoms with Gasteiger partial charge in [0.2, 0.25) is 11.8 Å². The van der Waals surface area contributed by atoms with Gasteiger partial charge in [0.15, 0.2) is 0 Å². The summed E-state index contributed by atoms with van der Waals surface area (Å²) >= 11 is 0. The molecule has 2 rings (SSSR count). The summed E-state index contributed by atoms with van der Waals surface area (Å²) in [5.41, 5.74) is 0. The first kappa shape index (κ1) is 13.9. The summed E-state index contributed by atoms with van der Waals surface area (Å²) in [4.78, 5) is 13.4. The van der Waals surface area contributed by atoms with Gasteiger partial charge in [-0.3, -0.25) is 15.0 Å². The number of likely N-dealkylation sites (tertiary alicyclic amines) is 1. The predicted molar refractivity (Wildman–Crippen MR) is 65.5 cm³/mol. The number of hydrogen-bond acceptors (Lipinski definition) is 7. The highest BCUT2D eigenvalue weighted by Gasteiger charge is 2.30. The minimum Gasteiger partial charge on any atom is -0.408 e. The maximum Gasteiger partial charge on any atom is 0.322 e. The van der Waals surface area contributed by atoms with Crippen LogP contribution in [0.2, 0.25) is 0 Å². The van der Waals surface area contributed by atoms with Gasteiger partial charge in [-0.05, 0) is 0 Å². The van der Waals surface area contributed by atoms with E-state index < -0.39 is 12.2 Å². The summed E-state index contributed by atoms with van der Waals surface area (Å²) in [7, 11) is 0. The zero-order chi connectivity index (χ0) is 14.0. The van der Waals surface area contributed by atoms with Gasteiger partial charge in [-0.1, -0.05) is 18.9 Å². The molecule has 8 heteroatoms. The number of carbonyl (C=O) groups excluding carboxylic acids is 1. The number of carbonyl (C=O) groups is 1. The average Bonchev–Trinajstić information content (AvgIpc) is 2.87. The van der Waals surface area contributed by atoms with Crippen LogP contribution in [0.3, 0.4) is 0 Å². The molecule has 2 heterocycles. The fourth-order valence-corrected chi connectivity index (χ4v) is 1.86. The Balaban J connectivity index is 1.84. The number of aliphatic hydroxyl groups is 2. The summed E-state index contributed by atoms with van der Waals surface area (Å²) in [6.45, 7) is 4.43. The van der Waals surface area contributed by atoms with Crippen molar-refractivity contribution in [3.05, 3.63) is 5.89 Å². The van der Waals surface area contributed by atoms with E-state index in [2.05, 4.69) is 15.5 Å². The van der Waals surface area contributed by atoms with Gasteiger partial charge in [0, 0.05) is 19.0 Å². The second kappa shape index (κ2) is 5.64. The second-order valence-corrected chi connectivity index (χ2v) is 4.98. The van der Waals surface area contributed by atoms with Crippen molar-refractivity contribution in [2.45, 2.75) is 32.0 Å². The van der Waals surface area contributed by atoms with Crippen molar-refractivity contribution in [1.29, 1.82) is 0 Å². The Morgan fingerprint density at radius 2 is 2.05 bits per heavy atom. The Morgan fingerprint density at radius 3 is 2.58 bits per heavy atom. The van der Waals surface area contributed by atoms with E-state index >= 15 is 0 Å². The van der Waals surface area contributed by atoms with Gasteiger partial charge >= 0.3 is 6.01 Å². The van der Waals surface area contributed by atoms with E-state index in [1.807, 2.05) is 13.8 Å². The van der Waals surface area contributed by atoms with Crippen LogP contribution in [0, 0.1) is 0 Å². The van der Waals surface area contributed by atoms with Gasteiger partial charge in [-0.25, -0.2) is 0 Å². The van der Waals surface area contributed by atoms with Gasteiger partial charge < -0.3 is 14.6 Å². The molecule has 1 amide bonds. The number of aliphatic hydroxyl groups excluding tert-OH is 2. The van der Waals surface area contributed by atoms with Crippen LogP contribution < -0.4 is 5.32 Å². The van der Waals surface area contributed by atoms with E-state index in [9.17, 15) is 15.0 Å². The first-order valence-corrected chi connectivity index (χ1v) is 6.17. The molecule has 1 aromatic rings. The molecule has 1 aromatic heterocycles. The smallest absolute Gasteiger partial charge is 0.322 e. The minimum absolute atomic E-state index is 0.0630. The molecule has 0 aromatic carbocycles. The van der Waals surface area contributed by atoms with Crippen LogP contribution in [-0.2, 0) is 4.79 Å². The van der Waals surface area contributed by atoms with E-state index in [0.717, 1.165) is 0 Å². The maximum absolute atomic E-state index is 11.7. The lowest BCUT2D eigenvalue weighted by molar-refractivity contribution is -0.117. The highest BCUT2D eigenvalue weighted by atomic mass is 16.4. The molecule has 0 radical (unpaired) electrons. The van der Waals surface area contributed by atoms with Gasteiger partial charge in [0.05, 0.1) is 18.8 Å². The quantitative estimate of drug-likeness (QED) is 0.654. The van der Waals surface area contributed by atoms with Crippen molar-refractivity contribution in [3.8, 4) is 0 Å². The zero-order valence-corrected chi connectivity index (χ0v) is 10.9. The van der Waals surface area contributed by atoms with Gasteiger partial charge in [0.25, 0.3) is 0 Å². The molecule has 2 atom stereocenters. The summed E-state index contributed by atoms with van der Waals surface area (Å²) < 4.78 is 5.25. The summed E-state index contributed by atoms with van der Waals surface area (Å²) in [6, 6.07) is 0.0639. The highest BCUT2D eigenvalue weighted by molar-refractivity contribution is 5.90. The Bertz CT molecular complexity index is 438. The lowest BCUT2D eigenvalue weighted by Gasteiger charge is -2.12. The standard InChI is InChI=1S/C11H18N4O4/c1-6(2)10-13-14-11(19-10)12-9(18)5-15-3-7(16)8(17)4-15/h6-8,16-17H,3-5H2,1-2H3,(H,12,14,18)/t7-,8+. The van der Waals surface area contributed by atoms with Crippen LogP contribution in [-0.4, -0.2) is 63.1 Å². The van der Waals surface area contributed by atoms with Crippen molar-refractivity contribution in [2.24, 2.45) is 0 Å². The van der Waals surface area contributed by atoms with Crippen molar-refractivity contribution in [3.63, 3.8) is 0 Å². The first-order valence-electron chi connectivity index (χ1n) is 6.17. The highest BCUT2D eigenvalue weighted by Crippen LogP contribution is 2.15. The first-order chi connectivity index (χ1) is 8.95. The van der Waals surface area contributed by atoms with Crippen molar-refractivity contribution < 1.29 is 19.4 Å². The summed E-state index contributed by atoms with van der Waals surface area (Å²) in [5.74, 6) is 0.240. The van der Waals surface area contributed by atoms with Crippen LogP contribution >= 0.6 is 0 Å². The molecule has 0 unspecified atom stereocenters. The molecule has 1 saturated heterocycles. The van der Waals surface area contributed by atoms with Crippen LogP contribution in [0.15, 0.2) is 4.42 Å². The normalized spacial score (nSPS) is 24.1. The Hall–Kier alpha value is -1.51. The Labute approximate surface area is 110 Å². The third-order valence-corrected chi connectivity index (χ3v) is 2.88. The third-order valence-electron chi connectivity index (χ3n) is 2.88. The van der Waals surface area contributed by atoms with Crippen molar-refractivity contribution in [2.75, 3.05) is 25.0 Å². The number of β-amino-alcohol motifs (C(OH)–C–C–N with tert-alkyl or cyclic N) is 2. The molecule has 0 spiro atoms. The molecule has 1 fully saturated rings. The number of aromatic nitrogens is 2. The molecular weight excluding hydrogens is 252 g/mol. The van der Waals surface area contributed by atoms with E-state index in [-0.39, 0.29) is 37.5 Å². The topological polar surface area (TPSA) is 112 Å². The summed E-state index contributed by atoms with van der Waals surface area (Å²) in [6.07, 6.45) is -1.60. The van der Waals surface area contributed by atoms with E-state index in [4.69, 9.17) is 4.42 Å². The number of nitrogens with one attached hydrogen (secondary N) is 1. The van der Waals surface area contributed by atoms with Crippen LogP contribution in [0.5, 0.6) is 0 Å². The molecule has 0 aliphatic carbocycles. The number of rotatable bonds is 4. The molecule has 19 heavy (non-hydrogen) atoms. The van der Waals surface area contributed by atoms with Gasteiger partial charge in [-0.15, -0.1) is 5.10 Å². The Morgan fingerprint density at radius 1 is 1.42 bits per heavy atom. The van der Waals surface area contributed by atoms with Crippen LogP contribution in [0.1, 0.15) is 25.7 Å². The fourth-order valence-electron chi connectivity index (χ4n) is 1.86. The van der Waals surface area contributed by atoms with Gasteiger partial charge in [-0.2, -0.15) is 0 Å². The monoisotopic (exact) mass is 270 g/mol. The largest absolute Gasteiger partial charge is 0.408 e. The van der Waals surface area contributed by atoms with Crippen LogP contribution in [0.4, 0.5) is 6.01 Å². The third kappa shape index (κ3) is 3.49. The number of nitrogens with zero attached hydrogens (tertiary/aromatic N) is 3. The lowest BCUT2D eigenvalue weighted by atomic mass is 10.2. The van der Waals surface area contributed by atoms with Crippen LogP contribution in [0.25, 0.3) is 0 Å². The maximum atomic E-state index is 11.7. The molecule has 1 aliphatic heterocycles. The van der Waals surface area contributed by atoms with E-state index in [1.165, 1.54) is 0 Å². The number of amides is 1. The average molecular weight is 270 g/mol. The lowest BCUT2D eigenvalue weighted by Crippen LogP contribution is -2.32. The van der Waals surface area contributed by atoms with Crippen molar-refractivity contribution >= 4 is 11.9 Å². The molecule has 3 N–H and O–H groups in total. The number of anilines is 1. The predicted octanol–water partition coefficient (Wildman–Crippen LogP) is -0.831. The fraction of sp³-hybridized carbons (Fsp3) is 0.727. The molecule has 0 saturated carbocycles. The molecular formula is C11H18N4O4. The van der Waals surface area contributed by atoms with E-state index in [0.29, 0.717) is 5.89 Å².